The second kappa shape index (κ2) is 7.38. The van der Waals surface area contributed by atoms with Gasteiger partial charge in [0.2, 0.25) is 0 Å². The summed E-state index contributed by atoms with van der Waals surface area (Å²) in [4.78, 5) is 14.5. The number of alkyl halides is 3. The van der Waals surface area contributed by atoms with Crippen molar-refractivity contribution in [1.82, 2.24) is 10.2 Å². The van der Waals surface area contributed by atoms with E-state index in [0.29, 0.717) is 11.1 Å². The third-order valence-electron chi connectivity index (χ3n) is 4.28. The Kier molecular flexibility index (Phi) is 5.13. The second-order valence-electron chi connectivity index (χ2n) is 6.54. The number of aromatic nitrogens is 2. The van der Waals surface area contributed by atoms with Gasteiger partial charge in [0.1, 0.15) is 5.69 Å². The Morgan fingerprint density at radius 3 is 2.36 bits per heavy atom. The molecule has 2 N–H and O–H groups in total. The monoisotopic (exact) mass is 388 g/mol. The molecule has 28 heavy (non-hydrogen) atoms. The normalized spacial score (nSPS) is 11.4. The average molecular weight is 388 g/mol. The van der Waals surface area contributed by atoms with Crippen LogP contribution in [0.15, 0.2) is 48.5 Å². The number of hydrogen-bond acceptors (Lipinski definition) is 3. The van der Waals surface area contributed by atoms with Crippen molar-refractivity contribution in [2.45, 2.75) is 13.1 Å². The van der Waals surface area contributed by atoms with Gasteiger partial charge in [-0.2, -0.15) is 18.3 Å². The number of carbonyl (C=O) groups excluding carboxylic acids is 1. The molecule has 1 amide bonds. The molecule has 146 valence electrons. The van der Waals surface area contributed by atoms with E-state index in [-0.39, 0.29) is 11.4 Å². The van der Waals surface area contributed by atoms with E-state index in [9.17, 15) is 18.0 Å². The zero-order valence-corrected chi connectivity index (χ0v) is 15.6. The number of rotatable bonds is 4. The standard InChI is InChI=1S/C20H19F3N4O/c1-12-11-14(9-10-15(12)27(2)3)19(28)24-18-16(13-7-5-4-6-8-13)17(25-26-18)20(21,22)23/h4-11H,1-3H3,(H2,24,25,26,28). The molecular weight excluding hydrogens is 369 g/mol. The number of halogens is 3. The topological polar surface area (TPSA) is 61.0 Å². The van der Waals surface area contributed by atoms with Crippen LogP contribution >= 0.6 is 0 Å². The van der Waals surface area contributed by atoms with Gasteiger partial charge in [-0.3, -0.25) is 9.89 Å². The first-order chi connectivity index (χ1) is 13.2. The van der Waals surface area contributed by atoms with Gasteiger partial charge in [-0.25, -0.2) is 0 Å². The molecule has 0 atom stereocenters. The van der Waals surface area contributed by atoms with Gasteiger partial charge >= 0.3 is 6.18 Å². The van der Waals surface area contributed by atoms with E-state index in [1.54, 1.807) is 36.4 Å². The number of benzene rings is 2. The minimum Gasteiger partial charge on any atom is -0.377 e. The van der Waals surface area contributed by atoms with Gasteiger partial charge in [0.05, 0.1) is 5.56 Å². The molecule has 0 fully saturated rings. The fourth-order valence-electron chi connectivity index (χ4n) is 3.00. The van der Waals surface area contributed by atoms with Crippen molar-refractivity contribution in [2.24, 2.45) is 0 Å². The molecule has 3 rings (SSSR count). The fourth-order valence-corrected chi connectivity index (χ4v) is 3.00. The smallest absolute Gasteiger partial charge is 0.377 e. The lowest BCUT2D eigenvalue weighted by molar-refractivity contribution is -0.140. The van der Waals surface area contributed by atoms with Gasteiger partial charge in [-0.15, -0.1) is 0 Å². The molecule has 1 aromatic heterocycles. The van der Waals surface area contributed by atoms with E-state index in [2.05, 4.69) is 10.4 Å². The zero-order valence-electron chi connectivity index (χ0n) is 15.6. The summed E-state index contributed by atoms with van der Waals surface area (Å²) in [6.45, 7) is 1.86. The van der Waals surface area contributed by atoms with Crippen LogP contribution in [0.1, 0.15) is 21.6 Å². The van der Waals surface area contributed by atoms with E-state index in [1.165, 1.54) is 12.1 Å². The molecule has 0 saturated carbocycles. The van der Waals surface area contributed by atoms with Crippen LogP contribution in [0.4, 0.5) is 24.7 Å². The van der Waals surface area contributed by atoms with Crippen LogP contribution in [0.5, 0.6) is 0 Å². The van der Waals surface area contributed by atoms with E-state index in [1.807, 2.05) is 31.0 Å². The fraction of sp³-hybridized carbons (Fsp3) is 0.200. The molecule has 8 heteroatoms. The Morgan fingerprint density at radius 1 is 1.11 bits per heavy atom. The first-order valence-electron chi connectivity index (χ1n) is 8.49. The summed E-state index contributed by atoms with van der Waals surface area (Å²) in [6, 6.07) is 13.1. The number of nitrogens with one attached hydrogen (secondary N) is 2. The Morgan fingerprint density at radius 2 is 1.79 bits per heavy atom. The average Bonchev–Trinajstić information content (AvgIpc) is 3.06. The maximum Gasteiger partial charge on any atom is 0.433 e. The number of H-pyrrole nitrogens is 1. The van der Waals surface area contributed by atoms with Gasteiger partial charge in [0.25, 0.3) is 5.91 Å². The lowest BCUT2D eigenvalue weighted by Crippen LogP contribution is -2.15. The Labute approximate surface area is 160 Å². The number of amides is 1. The Balaban J connectivity index is 1.98. The van der Waals surface area contributed by atoms with Crippen LogP contribution in [-0.4, -0.2) is 30.2 Å². The largest absolute Gasteiger partial charge is 0.433 e. The summed E-state index contributed by atoms with van der Waals surface area (Å²) in [5.41, 5.74) is 1.26. The quantitative estimate of drug-likeness (QED) is 0.680. The van der Waals surface area contributed by atoms with Gasteiger partial charge < -0.3 is 10.2 Å². The highest BCUT2D eigenvalue weighted by Crippen LogP contribution is 2.39. The summed E-state index contributed by atoms with van der Waals surface area (Å²) in [5.74, 6) is -0.705. The SMILES string of the molecule is Cc1cc(C(=O)Nc2n[nH]c(C(F)(F)F)c2-c2ccccc2)ccc1N(C)C. The van der Waals surface area contributed by atoms with Crippen molar-refractivity contribution in [3.8, 4) is 11.1 Å². The highest BCUT2D eigenvalue weighted by Gasteiger charge is 2.38. The van der Waals surface area contributed by atoms with E-state index >= 15 is 0 Å². The predicted octanol–water partition coefficient (Wildman–Crippen LogP) is 4.72. The molecule has 0 aliphatic rings. The van der Waals surface area contributed by atoms with Gasteiger partial charge in [-0.05, 0) is 36.2 Å². The Bertz CT molecular complexity index is 994. The number of carbonyl (C=O) groups is 1. The third-order valence-corrected chi connectivity index (χ3v) is 4.28. The van der Waals surface area contributed by atoms with Crippen LogP contribution in [0.2, 0.25) is 0 Å². The molecule has 0 bridgehead atoms. The van der Waals surface area contributed by atoms with E-state index in [4.69, 9.17) is 0 Å². The minimum absolute atomic E-state index is 0.169. The van der Waals surface area contributed by atoms with Gasteiger partial charge in [0, 0.05) is 25.3 Å². The molecule has 0 aliphatic carbocycles. The molecule has 0 spiro atoms. The predicted molar refractivity (Wildman–Crippen MR) is 102 cm³/mol. The molecule has 0 radical (unpaired) electrons. The molecule has 1 heterocycles. The minimum atomic E-state index is -4.63. The maximum absolute atomic E-state index is 13.4. The van der Waals surface area contributed by atoms with Crippen LogP contribution in [-0.2, 0) is 6.18 Å². The second-order valence-corrected chi connectivity index (χ2v) is 6.54. The molecular formula is C20H19F3N4O. The lowest BCUT2D eigenvalue weighted by Gasteiger charge is -2.16. The van der Waals surface area contributed by atoms with E-state index in [0.717, 1.165) is 11.3 Å². The number of hydrogen-bond donors (Lipinski definition) is 2. The van der Waals surface area contributed by atoms with E-state index < -0.39 is 17.8 Å². The summed E-state index contributed by atoms with van der Waals surface area (Å²) < 4.78 is 40.2. The maximum atomic E-state index is 13.4. The van der Waals surface area contributed by atoms with Crippen LogP contribution in [0, 0.1) is 6.92 Å². The summed E-state index contributed by atoms with van der Waals surface area (Å²) >= 11 is 0. The highest BCUT2D eigenvalue weighted by atomic mass is 19.4. The summed E-state index contributed by atoms with van der Waals surface area (Å²) in [5, 5.41) is 8.21. The third kappa shape index (κ3) is 3.85. The molecule has 5 nitrogen and oxygen atoms in total. The van der Waals surface area contributed by atoms with Crippen molar-refractivity contribution in [3.63, 3.8) is 0 Å². The van der Waals surface area contributed by atoms with Crippen molar-refractivity contribution in [1.29, 1.82) is 0 Å². The highest BCUT2D eigenvalue weighted by molar-refractivity contribution is 6.06. The number of anilines is 2. The molecule has 0 aliphatic heterocycles. The van der Waals surface area contributed by atoms with Crippen molar-refractivity contribution < 1.29 is 18.0 Å². The summed E-state index contributed by atoms with van der Waals surface area (Å²) in [7, 11) is 3.77. The molecule has 0 saturated heterocycles. The first kappa shape index (κ1) is 19.5. The van der Waals surface area contributed by atoms with Gasteiger partial charge in [-0.1, -0.05) is 30.3 Å². The van der Waals surface area contributed by atoms with Crippen molar-refractivity contribution in [3.05, 3.63) is 65.4 Å². The Hall–Kier alpha value is -3.29. The number of nitrogens with zero attached hydrogens (tertiary/aromatic N) is 2. The van der Waals surface area contributed by atoms with Crippen LogP contribution < -0.4 is 10.2 Å². The molecule has 3 aromatic rings. The van der Waals surface area contributed by atoms with Crippen molar-refractivity contribution in [2.75, 3.05) is 24.3 Å². The molecule has 0 unspecified atom stereocenters. The number of aryl methyl sites for hydroxylation is 1. The lowest BCUT2D eigenvalue weighted by atomic mass is 10.0. The number of aromatic amines is 1. The van der Waals surface area contributed by atoms with Crippen molar-refractivity contribution >= 4 is 17.4 Å². The zero-order chi connectivity index (χ0) is 20.5. The first-order valence-corrected chi connectivity index (χ1v) is 8.49. The molecule has 2 aromatic carbocycles. The van der Waals surface area contributed by atoms with Crippen LogP contribution in [0.25, 0.3) is 11.1 Å². The van der Waals surface area contributed by atoms with Crippen LogP contribution in [0.3, 0.4) is 0 Å². The van der Waals surface area contributed by atoms with Gasteiger partial charge in [0.15, 0.2) is 5.82 Å². The summed E-state index contributed by atoms with van der Waals surface area (Å²) in [6.07, 6.45) is -4.63.